The maximum Gasteiger partial charge on any atom is 0.138 e. The predicted octanol–water partition coefficient (Wildman–Crippen LogP) is 6.62. The van der Waals surface area contributed by atoms with Gasteiger partial charge in [0.2, 0.25) is 0 Å². The van der Waals surface area contributed by atoms with Crippen LogP contribution in [0.25, 0.3) is 10.8 Å². The van der Waals surface area contributed by atoms with Crippen LogP contribution in [0.1, 0.15) is 31.2 Å². The smallest absolute Gasteiger partial charge is 0.138 e. The maximum atomic E-state index is 6.59. The lowest BCUT2D eigenvalue weighted by atomic mass is 9.92. The topological polar surface area (TPSA) is 49.8 Å². The molecule has 33 heavy (non-hydrogen) atoms. The number of rotatable bonds is 8. The van der Waals surface area contributed by atoms with Gasteiger partial charge >= 0.3 is 0 Å². The standard InChI is InChI=1S/C25H28Cl2N4OS/c1-31(2)16-30-33-24-13-17(3-9-22(24)26)14-29-19-5-7-20(8-6-19)32-23-10-4-18-15-28-12-11-21(18)25(23)27/h3-4,9-13,15-16,19-20,29H,5-8,14H2,1-2H3/b30-16+. The summed E-state index contributed by atoms with van der Waals surface area (Å²) in [5.74, 6) is 0.759. The molecular formula is C25H28Cl2N4OS. The van der Waals surface area contributed by atoms with E-state index >= 15 is 0 Å². The third kappa shape index (κ3) is 6.54. The molecule has 0 spiro atoms. The second-order valence-electron chi connectivity index (χ2n) is 8.49. The fourth-order valence-electron chi connectivity index (χ4n) is 3.93. The van der Waals surface area contributed by atoms with Crippen LogP contribution in [0.3, 0.4) is 0 Å². The Labute approximate surface area is 209 Å². The molecule has 174 valence electrons. The van der Waals surface area contributed by atoms with E-state index in [1.54, 1.807) is 12.5 Å². The fraction of sp³-hybridized carbons (Fsp3) is 0.360. The highest BCUT2D eigenvalue weighted by Gasteiger charge is 2.23. The highest BCUT2D eigenvalue weighted by atomic mass is 35.5. The van der Waals surface area contributed by atoms with Gasteiger partial charge in [0.1, 0.15) is 5.75 Å². The van der Waals surface area contributed by atoms with Crippen LogP contribution >= 0.6 is 35.1 Å². The molecule has 3 aromatic rings. The molecular weight excluding hydrogens is 475 g/mol. The normalized spacial score (nSPS) is 18.7. The summed E-state index contributed by atoms with van der Waals surface area (Å²) >= 11 is 14.3. The lowest BCUT2D eigenvalue weighted by molar-refractivity contribution is 0.139. The summed E-state index contributed by atoms with van der Waals surface area (Å²) in [4.78, 5) is 7.02. The summed E-state index contributed by atoms with van der Waals surface area (Å²) < 4.78 is 10.6. The van der Waals surface area contributed by atoms with Crippen molar-refractivity contribution in [3.63, 3.8) is 0 Å². The molecule has 1 N–H and O–H groups in total. The average Bonchev–Trinajstić information content (AvgIpc) is 2.82. The Morgan fingerprint density at radius 3 is 2.76 bits per heavy atom. The van der Waals surface area contributed by atoms with Gasteiger partial charge in [0.05, 0.1) is 22.5 Å². The number of pyridine rings is 1. The minimum absolute atomic E-state index is 0.188. The number of fused-ring (bicyclic) bond motifs is 1. The van der Waals surface area contributed by atoms with Crippen molar-refractivity contribution in [2.75, 3.05) is 14.1 Å². The van der Waals surface area contributed by atoms with E-state index in [9.17, 15) is 0 Å². The molecule has 5 nitrogen and oxygen atoms in total. The second kappa shape index (κ2) is 11.4. The van der Waals surface area contributed by atoms with Gasteiger partial charge in [-0.2, -0.15) is 0 Å². The van der Waals surface area contributed by atoms with Gasteiger partial charge in [0.15, 0.2) is 0 Å². The van der Waals surface area contributed by atoms with E-state index in [-0.39, 0.29) is 6.10 Å². The number of nitrogens with zero attached hydrogens (tertiary/aromatic N) is 3. The Morgan fingerprint density at radius 1 is 1.15 bits per heavy atom. The van der Waals surface area contributed by atoms with Crippen LogP contribution in [0.4, 0.5) is 0 Å². The molecule has 8 heteroatoms. The second-order valence-corrected chi connectivity index (χ2v) is 10.1. The molecule has 1 aliphatic carbocycles. The molecule has 0 amide bonds. The van der Waals surface area contributed by atoms with Crippen molar-refractivity contribution in [2.45, 2.75) is 49.3 Å². The number of nitrogens with one attached hydrogen (secondary N) is 1. The number of aromatic nitrogens is 1. The lowest BCUT2D eigenvalue weighted by Crippen LogP contribution is -2.36. The zero-order chi connectivity index (χ0) is 23.2. The van der Waals surface area contributed by atoms with Crippen molar-refractivity contribution in [1.29, 1.82) is 0 Å². The Bertz CT molecular complexity index is 1120. The summed E-state index contributed by atoms with van der Waals surface area (Å²) in [5, 5.41) is 7.09. The van der Waals surface area contributed by atoms with Gasteiger partial charge in [0, 0.05) is 66.7 Å². The maximum absolute atomic E-state index is 6.59. The summed E-state index contributed by atoms with van der Waals surface area (Å²) in [6, 6.07) is 12.5. The third-order valence-corrected chi connectivity index (χ3v) is 7.27. The van der Waals surface area contributed by atoms with Crippen LogP contribution in [0.2, 0.25) is 10.0 Å². The molecule has 1 heterocycles. The zero-order valence-electron chi connectivity index (χ0n) is 18.8. The van der Waals surface area contributed by atoms with Crippen LogP contribution in [0.15, 0.2) is 58.1 Å². The van der Waals surface area contributed by atoms with Gasteiger partial charge in [-0.1, -0.05) is 29.3 Å². The van der Waals surface area contributed by atoms with Gasteiger partial charge < -0.3 is 15.0 Å². The van der Waals surface area contributed by atoms with E-state index in [1.165, 1.54) is 17.5 Å². The van der Waals surface area contributed by atoms with E-state index in [0.29, 0.717) is 11.1 Å². The predicted molar refractivity (Wildman–Crippen MR) is 140 cm³/mol. The van der Waals surface area contributed by atoms with Crippen molar-refractivity contribution >= 4 is 52.3 Å². The number of hydrogen-bond acceptors (Lipinski definition) is 5. The molecule has 0 atom stereocenters. The van der Waals surface area contributed by atoms with Crippen LogP contribution in [-0.2, 0) is 6.54 Å². The van der Waals surface area contributed by atoms with E-state index < -0.39 is 0 Å². The quantitative estimate of drug-likeness (QED) is 0.213. The van der Waals surface area contributed by atoms with Crippen LogP contribution in [-0.4, -0.2) is 42.5 Å². The third-order valence-electron chi connectivity index (χ3n) is 5.71. The Hall–Kier alpha value is -1.99. The minimum atomic E-state index is 0.188. The number of hydrogen-bond donors (Lipinski definition) is 1. The molecule has 1 aromatic heterocycles. The summed E-state index contributed by atoms with van der Waals surface area (Å²) in [5.41, 5.74) is 1.21. The van der Waals surface area contributed by atoms with E-state index in [1.807, 2.05) is 49.5 Å². The van der Waals surface area contributed by atoms with Gasteiger partial charge in [0.25, 0.3) is 0 Å². The molecule has 4 rings (SSSR count). The van der Waals surface area contributed by atoms with Crippen LogP contribution in [0, 0.1) is 0 Å². The highest BCUT2D eigenvalue weighted by molar-refractivity contribution is 7.98. The molecule has 1 fully saturated rings. The van der Waals surface area contributed by atoms with Crippen molar-refractivity contribution in [3.8, 4) is 5.75 Å². The molecule has 2 aromatic carbocycles. The first-order valence-electron chi connectivity index (χ1n) is 11.1. The Kier molecular flexibility index (Phi) is 8.36. The largest absolute Gasteiger partial charge is 0.489 e. The summed E-state index contributed by atoms with van der Waals surface area (Å²) in [7, 11) is 3.89. The zero-order valence-corrected chi connectivity index (χ0v) is 21.1. The molecule has 0 saturated heterocycles. The monoisotopic (exact) mass is 502 g/mol. The summed E-state index contributed by atoms with van der Waals surface area (Å²) in [6.07, 6.45) is 9.69. The number of ether oxygens (including phenoxy) is 1. The van der Waals surface area contributed by atoms with Crippen molar-refractivity contribution < 1.29 is 4.74 Å². The molecule has 1 aliphatic rings. The lowest BCUT2D eigenvalue weighted by Gasteiger charge is -2.30. The minimum Gasteiger partial charge on any atom is -0.489 e. The number of benzene rings is 2. The molecule has 1 saturated carbocycles. The van der Waals surface area contributed by atoms with Crippen molar-refractivity contribution in [2.24, 2.45) is 4.40 Å². The highest BCUT2D eigenvalue weighted by Crippen LogP contribution is 2.35. The van der Waals surface area contributed by atoms with Gasteiger partial charge in [-0.15, -0.1) is 0 Å². The van der Waals surface area contributed by atoms with E-state index in [2.05, 4.69) is 26.8 Å². The Morgan fingerprint density at radius 2 is 1.97 bits per heavy atom. The first kappa shape index (κ1) is 24.1. The van der Waals surface area contributed by atoms with Crippen LogP contribution in [0.5, 0.6) is 5.75 Å². The first-order chi connectivity index (χ1) is 16.0. The van der Waals surface area contributed by atoms with Gasteiger partial charge in [-0.25, -0.2) is 4.40 Å². The average molecular weight is 503 g/mol. The molecule has 0 bridgehead atoms. The Balaban J connectivity index is 1.27. The van der Waals surface area contributed by atoms with E-state index in [4.69, 9.17) is 27.9 Å². The van der Waals surface area contributed by atoms with Crippen LogP contribution < -0.4 is 10.1 Å². The molecule has 0 aliphatic heterocycles. The molecule has 0 unspecified atom stereocenters. The fourth-order valence-corrected chi connectivity index (χ4v) is 5.14. The SMILES string of the molecule is CN(C)/C=N/Sc1cc(CNC2CCC(Oc3ccc4cnccc4c3Cl)CC2)ccc1Cl. The van der Waals surface area contributed by atoms with Crippen molar-refractivity contribution in [1.82, 2.24) is 15.2 Å². The van der Waals surface area contributed by atoms with E-state index in [0.717, 1.165) is 58.7 Å². The summed E-state index contributed by atoms with van der Waals surface area (Å²) in [6.45, 7) is 0.808. The first-order valence-corrected chi connectivity index (χ1v) is 12.6. The van der Waals surface area contributed by atoms with Gasteiger partial charge in [-0.05, 0) is 61.6 Å². The van der Waals surface area contributed by atoms with Crippen molar-refractivity contribution in [3.05, 3.63) is 64.4 Å². The molecule has 0 radical (unpaired) electrons. The number of halogens is 2. The van der Waals surface area contributed by atoms with Gasteiger partial charge in [-0.3, -0.25) is 4.98 Å².